The van der Waals surface area contributed by atoms with Crippen LogP contribution in [0.2, 0.25) is 0 Å². The molecule has 0 unspecified atom stereocenters. The van der Waals surface area contributed by atoms with Crippen LogP contribution < -0.4 is 16.0 Å². The molecule has 1 aromatic carbocycles. The maximum Gasteiger partial charge on any atom is 0.219 e. The number of nitrogens with two attached hydrogens (primary N) is 1. The molecule has 0 atom stereocenters. The molecule has 0 saturated carbocycles. The SMILES string of the molecule is COc1cccc(SCc2nnc(NN)s2)c1. The molecule has 2 rings (SSSR count). The van der Waals surface area contributed by atoms with E-state index in [1.54, 1.807) is 18.9 Å². The number of ether oxygens (including phenoxy) is 1. The van der Waals surface area contributed by atoms with Crippen LogP contribution in [-0.2, 0) is 5.75 Å². The molecule has 1 aromatic heterocycles. The van der Waals surface area contributed by atoms with Crippen molar-refractivity contribution in [2.24, 2.45) is 5.84 Å². The summed E-state index contributed by atoms with van der Waals surface area (Å²) in [4.78, 5) is 1.14. The van der Waals surface area contributed by atoms with Gasteiger partial charge in [0.05, 0.1) is 12.9 Å². The lowest BCUT2D eigenvalue weighted by Gasteiger charge is -2.02. The van der Waals surface area contributed by atoms with Crippen LogP contribution in [0.5, 0.6) is 5.75 Å². The maximum atomic E-state index is 5.24. The third-order valence-electron chi connectivity index (χ3n) is 1.99. The molecule has 1 heterocycles. The van der Waals surface area contributed by atoms with Crippen molar-refractivity contribution in [3.63, 3.8) is 0 Å². The number of anilines is 1. The standard InChI is InChI=1S/C10H12N4OS2/c1-15-7-3-2-4-8(5-7)16-6-9-13-14-10(12-11)17-9/h2-5H,6,11H2,1H3,(H,12,14). The van der Waals surface area contributed by atoms with E-state index < -0.39 is 0 Å². The van der Waals surface area contributed by atoms with Crippen LogP contribution in [0.15, 0.2) is 29.2 Å². The Hall–Kier alpha value is -1.31. The molecule has 0 bridgehead atoms. The van der Waals surface area contributed by atoms with Gasteiger partial charge in [-0.1, -0.05) is 17.4 Å². The lowest BCUT2D eigenvalue weighted by molar-refractivity contribution is 0.413. The first-order valence-corrected chi connectivity index (χ1v) is 6.68. The highest BCUT2D eigenvalue weighted by molar-refractivity contribution is 7.98. The van der Waals surface area contributed by atoms with Gasteiger partial charge in [0, 0.05) is 4.90 Å². The van der Waals surface area contributed by atoms with Crippen molar-refractivity contribution >= 4 is 28.2 Å². The minimum Gasteiger partial charge on any atom is -0.497 e. The number of benzene rings is 1. The number of nitrogen functional groups attached to an aromatic ring is 1. The summed E-state index contributed by atoms with van der Waals surface area (Å²) >= 11 is 3.14. The first-order chi connectivity index (χ1) is 8.31. The average molecular weight is 268 g/mol. The van der Waals surface area contributed by atoms with Crippen molar-refractivity contribution in [2.45, 2.75) is 10.6 Å². The van der Waals surface area contributed by atoms with Gasteiger partial charge in [0.1, 0.15) is 10.8 Å². The number of hydrazine groups is 1. The molecule has 3 N–H and O–H groups in total. The molecule has 0 aliphatic heterocycles. The Morgan fingerprint density at radius 1 is 1.47 bits per heavy atom. The zero-order chi connectivity index (χ0) is 12.1. The molecular formula is C10H12N4OS2. The fourth-order valence-corrected chi connectivity index (χ4v) is 2.79. The summed E-state index contributed by atoms with van der Waals surface area (Å²) in [6.45, 7) is 0. The Bertz CT molecular complexity index is 489. The molecule has 2 aromatic rings. The van der Waals surface area contributed by atoms with E-state index in [9.17, 15) is 0 Å². The monoisotopic (exact) mass is 268 g/mol. The van der Waals surface area contributed by atoms with E-state index in [1.807, 2.05) is 24.3 Å². The topological polar surface area (TPSA) is 73.1 Å². The molecule has 0 aliphatic carbocycles. The molecule has 0 amide bonds. The number of hydrogen-bond donors (Lipinski definition) is 2. The van der Waals surface area contributed by atoms with E-state index in [2.05, 4.69) is 15.6 Å². The normalized spacial score (nSPS) is 10.2. The van der Waals surface area contributed by atoms with Gasteiger partial charge in [0.15, 0.2) is 0 Å². The zero-order valence-electron chi connectivity index (χ0n) is 9.21. The number of hydrogen-bond acceptors (Lipinski definition) is 7. The first-order valence-electron chi connectivity index (χ1n) is 4.87. The average Bonchev–Trinajstić information content (AvgIpc) is 2.84. The summed E-state index contributed by atoms with van der Waals surface area (Å²) in [5, 5.41) is 9.46. The van der Waals surface area contributed by atoms with Gasteiger partial charge in [0.25, 0.3) is 0 Å². The largest absolute Gasteiger partial charge is 0.497 e. The van der Waals surface area contributed by atoms with E-state index >= 15 is 0 Å². The second-order valence-electron chi connectivity index (χ2n) is 3.11. The summed E-state index contributed by atoms with van der Waals surface area (Å²) in [6.07, 6.45) is 0. The van der Waals surface area contributed by atoms with E-state index in [0.29, 0.717) is 5.13 Å². The van der Waals surface area contributed by atoms with Crippen molar-refractivity contribution in [1.29, 1.82) is 0 Å². The van der Waals surface area contributed by atoms with Gasteiger partial charge >= 0.3 is 0 Å². The van der Waals surface area contributed by atoms with E-state index in [-0.39, 0.29) is 0 Å². The number of aromatic nitrogens is 2. The molecule has 0 fully saturated rings. The van der Waals surface area contributed by atoms with Gasteiger partial charge in [0.2, 0.25) is 5.13 Å². The summed E-state index contributed by atoms with van der Waals surface area (Å²) in [5.74, 6) is 6.87. The second kappa shape index (κ2) is 5.85. The van der Waals surface area contributed by atoms with Crippen molar-refractivity contribution in [2.75, 3.05) is 12.5 Å². The number of rotatable bonds is 5. The van der Waals surface area contributed by atoms with Gasteiger partial charge in [-0.05, 0) is 18.2 Å². The van der Waals surface area contributed by atoms with Crippen molar-refractivity contribution in [3.8, 4) is 5.75 Å². The fourth-order valence-electron chi connectivity index (χ4n) is 1.21. The molecule has 0 saturated heterocycles. The molecule has 17 heavy (non-hydrogen) atoms. The van der Waals surface area contributed by atoms with E-state index in [4.69, 9.17) is 10.6 Å². The van der Waals surface area contributed by atoms with Crippen LogP contribution in [0.3, 0.4) is 0 Å². The van der Waals surface area contributed by atoms with E-state index in [1.165, 1.54) is 11.3 Å². The molecule has 0 spiro atoms. The second-order valence-corrected chi connectivity index (χ2v) is 5.22. The first kappa shape index (κ1) is 12.2. The Balaban J connectivity index is 1.96. The Morgan fingerprint density at radius 2 is 2.35 bits per heavy atom. The molecular weight excluding hydrogens is 256 g/mol. The number of nitrogens with zero attached hydrogens (tertiary/aromatic N) is 2. The summed E-state index contributed by atoms with van der Waals surface area (Å²) in [5.41, 5.74) is 2.48. The highest BCUT2D eigenvalue weighted by atomic mass is 32.2. The highest BCUT2D eigenvalue weighted by Gasteiger charge is 2.04. The number of nitrogens with one attached hydrogen (secondary N) is 1. The lowest BCUT2D eigenvalue weighted by atomic mass is 10.3. The fraction of sp³-hybridized carbons (Fsp3) is 0.200. The predicted molar refractivity (Wildman–Crippen MR) is 70.3 cm³/mol. The third kappa shape index (κ3) is 3.32. The lowest BCUT2D eigenvalue weighted by Crippen LogP contribution is -2.05. The van der Waals surface area contributed by atoms with Crippen LogP contribution in [0.1, 0.15) is 5.01 Å². The van der Waals surface area contributed by atoms with E-state index in [0.717, 1.165) is 21.4 Å². The van der Waals surface area contributed by atoms with Gasteiger partial charge < -0.3 is 4.74 Å². The van der Waals surface area contributed by atoms with Crippen LogP contribution in [0.25, 0.3) is 0 Å². The quantitative estimate of drug-likeness (QED) is 0.491. The summed E-state index contributed by atoms with van der Waals surface area (Å²) in [6, 6.07) is 7.92. The molecule has 5 nitrogen and oxygen atoms in total. The molecule has 7 heteroatoms. The summed E-state index contributed by atoms with van der Waals surface area (Å²) < 4.78 is 5.16. The Kier molecular flexibility index (Phi) is 4.18. The zero-order valence-corrected chi connectivity index (χ0v) is 10.8. The number of thioether (sulfide) groups is 1. The van der Waals surface area contributed by atoms with Gasteiger partial charge in [-0.2, -0.15) is 0 Å². The van der Waals surface area contributed by atoms with Crippen LogP contribution in [0, 0.1) is 0 Å². The minimum atomic E-state index is 0.631. The van der Waals surface area contributed by atoms with Gasteiger partial charge in [-0.25, -0.2) is 5.84 Å². The van der Waals surface area contributed by atoms with Gasteiger partial charge in [-0.3, -0.25) is 5.43 Å². The molecule has 90 valence electrons. The number of methoxy groups -OCH3 is 1. The Labute approximate surface area is 107 Å². The van der Waals surface area contributed by atoms with Crippen LogP contribution >= 0.6 is 23.1 Å². The van der Waals surface area contributed by atoms with Crippen molar-refractivity contribution in [1.82, 2.24) is 10.2 Å². The molecule has 0 radical (unpaired) electrons. The van der Waals surface area contributed by atoms with Gasteiger partial charge in [-0.15, -0.1) is 22.0 Å². The third-order valence-corrected chi connectivity index (χ3v) is 4.04. The maximum absolute atomic E-state index is 5.24. The molecule has 0 aliphatic rings. The van der Waals surface area contributed by atoms with Crippen molar-refractivity contribution in [3.05, 3.63) is 29.3 Å². The highest BCUT2D eigenvalue weighted by Crippen LogP contribution is 2.27. The Morgan fingerprint density at radius 3 is 3.06 bits per heavy atom. The van der Waals surface area contributed by atoms with Crippen LogP contribution in [-0.4, -0.2) is 17.3 Å². The van der Waals surface area contributed by atoms with Crippen molar-refractivity contribution < 1.29 is 4.74 Å². The smallest absolute Gasteiger partial charge is 0.219 e. The summed E-state index contributed by atoms with van der Waals surface area (Å²) in [7, 11) is 1.66. The predicted octanol–water partition coefficient (Wildman–Crippen LogP) is 2.12. The van der Waals surface area contributed by atoms with Crippen LogP contribution in [0.4, 0.5) is 5.13 Å². The minimum absolute atomic E-state index is 0.631.